The fourth-order valence-electron chi connectivity index (χ4n) is 3.86. The first-order valence-electron chi connectivity index (χ1n) is 10.6. The number of nitrogens with zero attached hydrogens (tertiary/aromatic N) is 2. The molecule has 3 heterocycles. The third-order valence-electron chi connectivity index (χ3n) is 5.77. The second kappa shape index (κ2) is 10.7. The highest BCUT2D eigenvalue weighted by molar-refractivity contribution is 7.89. The van der Waals surface area contributed by atoms with Crippen LogP contribution < -0.4 is 5.32 Å². The Balaban J connectivity index is 0.000000429. The largest absolute Gasteiger partial charge is 0.490 e. The van der Waals surface area contributed by atoms with Gasteiger partial charge in [0.25, 0.3) is 5.91 Å². The smallest absolute Gasteiger partial charge is 0.475 e. The van der Waals surface area contributed by atoms with Crippen LogP contribution in [0.1, 0.15) is 15.9 Å². The SMILES string of the molecule is Cc1ccc(S(=O)(=O)N2C[C@@H]3[C@@H](CNC(=O)c4ccncc4)CO[C@@H]3C2)cc1.O=C(O)C(F)(F)F. The predicted octanol–water partition coefficient (Wildman–Crippen LogP) is 2.09. The van der Waals surface area contributed by atoms with E-state index in [1.54, 1.807) is 48.8 Å². The highest BCUT2D eigenvalue weighted by Gasteiger charge is 2.47. The standard InChI is InChI=1S/C20H23N3O4S.C2HF3O2/c1-14-2-4-17(5-3-14)28(25,26)23-11-18-16(13-27-19(18)12-23)10-22-20(24)15-6-8-21-9-7-15;3-2(4,5)1(6)7/h2-9,16,18-19H,10-13H2,1H3,(H,22,24);(H,6,7)/t16-,18+,19+;/m0./s1. The van der Waals surface area contributed by atoms with Crippen LogP contribution in [0, 0.1) is 18.8 Å². The number of carboxylic acids is 1. The van der Waals surface area contributed by atoms with Crippen molar-refractivity contribution in [3.8, 4) is 0 Å². The van der Waals surface area contributed by atoms with E-state index in [9.17, 15) is 26.4 Å². The summed E-state index contributed by atoms with van der Waals surface area (Å²) in [6.45, 7) is 3.69. The van der Waals surface area contributed by atoms with E-state index in [0.29, 0.717) is 36.7 Å². The molecule has 2 N–H and O–H groups in total. The van der Waals surface area contributed by atoms with Crippen LogP contribution >= 0.6 is 0 Å². The number of alkyl halides is 3. The zero-order valence-electron chi connectivity index (χ0n) is 18.6. The molecule has 2 aromatic rings. The number of sulfonamides is 1. The van der Waals surface area contributed by atoms with Gasteiger partial charge in [0.05, 0.1) is 17.6 Å². The third kappa shape index (κ3) is 6.55. The minimum absolute atomic E-state index is 0.0814. The first kappa shape index (κ1) is 26.6. The van der Waals surface area contributed by atoms with Crippen LogP contribution in [0.2, 0.25) is 0 Å². The fourth-order valence-corrected chi connectivity index (χ4v) is 5.35. The number of aliphatic carboxylic acids is 1. The molecule has 35 heavy (non-hydrogen) atoms. The van der Waals surface area contributed by atoms with Gasteiger partial charge in [-0.3, -0.25) is 9.78 Å². The molecule has 2 aliphatic rings. The molecule has 0 saturated carbocycles. The van der Waals surface area contributed by atoms with Gasteiger partial charge in [-0.05, 0) is 31.2 Å². The number of hydrogen-bond donors (Lipinski definition) is 2. The summed E-state index contributed by atoms with van der Waals surface area (Å²) in [6.07, 6.45) is -2.05. The molecule has 2 saturated heterocycles. The Hall–Kier alpha value is -3.03. The molecule has 2 aliphatic heterocycles. The average molecular weight is 516 g/mol. The van der Waals surface area contributed by atoms with E-state index in [-0.39, 0.29) is 23.8 Å². The topological polar surface area (TPSA) is 126 Å². The Bertz CT molecular complexity index is 1140. The van der Waals surface area contributed by atoms with Crippen LogP contribution in [0.5, 0.6) is 0 Å². The molecule has 190 valence electrons. The van der Waals surface area contributed by atoms with Crippen molar-refractivity contribution in [3.63, 3.8) is 0 Å². The van der Waals surface area contributed by atoms with E-state index in [4.69, 9.17) is 14.6 Å². The molecule has 1 aromatic heterocycles. The number of halogens is 3. The predicted molar refractivity (Wildman–Crippen MR) is 117 cm³/mol. The Morgan fingerprint density at radius 2 is 1.74 bits per heavy atom. The summed E-state index contributed by atoms with van der Waals surface area (Å²) in [6, 6.07) is 10.2. The molecule has 9 nitrogen and oxygen atoms in total. The summed E-state index contributed by atoms with van der Waals surface area (Å²) in [5.74, 6) is -2.74. The number of carbonyl (C=O) groups is 2. The van der Waals surface area contributed by atoms with Crippen molar-refractivity contribution in [1.82, 2.24) is 14.6 Å². The van der Waals surface area contributed by atoms with Crippen LogP contribution in [0.4, 0.5) is 13.2 Å². The number of carboxylic acid groups (broad SMARTS) is 1. The van der Waals surface area contributed by atoms with Crippen molar-refractivity contribution in [2.45, 2.75) is 24.1 Å². The van der Waals surface area contributed by atoms with E-state index in [1.807, 2.05) is 6.92 Å². The first-order valence-corrected chi connectivity index (χ1v) is 12.0. The number of amides is 1. The number of nitrogens with one attached hydrogen (secondary N) is 1. The van der Waals surface area contributed by atoms with Crippen molar-refractivity contribution in [3.05, 3.63) is 59.9 Å². The van der Waals surface area contributed by atoms with Crippen LogP contribution in [0.3, 0.4) is 0 Å². The highest BCUT2D eigenvalue weighted by atomic mass is 32.2. The second-order valence-electron chi connectivity index (χ2n) is 8.18. The van der Waals surface area contributed by atoms with Crippen molar-refractivity contribution in [2.75, 3.05) is 26.2 Å². The van der Waals surface area contributed by atoms with E-state index in [0.717, 1.165) is 5.56 Å². The second-order valence-corrected chi connectivity index (χ2v) is 10.1. The Labute approximate surface area is 200 Å². The highest BCUT2D eigenvalue weighted by Crippen LogP contribution is 2.36. The summed E-state index contributed by atoms with van der Waals surface area (Å²) in [5, 5.41) is 10.1. The van der Waals surface area contributed by atoms with Crippen LogP contribution in [0.25, 0.3) is 0 Å². The lowest BCUT2D eigenvalue weighted by Gasteiger charge is -2.20. The van der Waals surface area contributed by atoms with Crippen molar-refractivity contribution >= 4 is 21.9 Å². The molecular weight excluding hydrogens is 491 g/mol. The van der Waals surface area contributed by atoms with E-state index in [2.05, 4.69) is 10.3 Å². The van der Waals surface area contributed by atoms with E-state index in [1.165, 1.54) is 4.31 Å². The number of ether oxygens (including phenoxy) is 1. The number of carbonyl (C=O) groups excluding carboxylic acids is 1. The van der Waals surface area contributed by atoms with Crippen LogP contribution in [0.15, 0.2) is 53.7 Å². The summed E-state index contributed by atoms with van der Waals surface area (Å²) in [7, 11) is -3.54. The molecule has 3 atom stereocenters. The van der Waals surface area contributed by atoms with E-state index < -0.39 is 22.2 Å². The lowest BCUT2D eigenvalue weighted by molar-refractivity contribution is -0.192. The minimum Gasteiger partial charge on any atom is -0.475 e. The maximum Gasteiger partial charge on any atom is 0.490 e. The number of hydrogen-bond acceptors (Lipinski definition) is 6. The Morgan fingerprint density at radius 3 is 2.31 bits per heavy atom. The van der Waals surface area contributed by atoms with Crippen molar-refractivity contribution in [2.24, 2.45) is 11.8 Å². The lowest BCUT2D eigenvalue weighted by atomic mass is 9.93. The number of aromatic nitrogens is 1. The monoisotopic (exact) mass is 515 g/mol. The zero-order chi connectivity index (χ0) is 25.8. The van der Waals surface area contributed by atoms with Gasteiger partial charge >= 0.3 is 12.1 Å². The zero-order valence-corrected chi connectivity index (χ0v) is 19.4. The molecule has 4 rings (SSSR count). The molecule has 2 fully saturated rings. The molecule has 13 heteroatoms. The average Bonchev–Trinajstić information content (AvgIpc) is 3.40. The van der Waals surface area contributed by atoms with E-state index >= 15 is 0 Å². The number of pyridine rings is 1. The number of fused-ring (bicyclic) bond motifs is 1. The van der Waals surface area contributed by atoms with Gasteiger partial charge in [0.15, 0.2) is 0 Å². The number of benzene rings is 1. The molecule has 1 aromatic carbocycles. The van der Waals surface area contributed by atoms with Gasteiger partial charge in [-0.25, -0.2) is 13.2 Å². The maximum atomic E-state index is 12.9. The van der Waals surface area contributed by atoms with Crippen molar-refractivity contribution < 1.29 is 41.0 Å². The summed E-state index contributed by atoms with van der Waals surface area (Å²) < 4.78 is 64.9. The van der Waals surface area contributed by atoms with Crippen molar-refractivity contribution in [1.29, 1.82) is 0 Å². The van der Waals surface area contributed by atoms with Gasteiger partial charge in [-0.2, -0.15) is 17.5 Å². The summed E-state index contributed by atoms with van der Waals surface area (Å²) >= 11 is 0. The van der Waals surface area contributed by atoms with Gasteiger partial charge < -0.3 is 15.2 Å². The fraction of sp³-hybridized carbons (Fsp3) is 0.409. The molecule has 0 spiro atoms. The van der Waals surface area contributed by atoms with Gasteiger partial charge in [0.2, 0.25) is 10.0 Å². The molecule has 0 aliphatic carbocycles. The summed E-state index contributed by atoms with van der Waals surface area (Å²) in [4.78, 5) is 25.4. The molecule has 1 amide bonds. The first-order chi connectivity index (χ1) is 16.4. The lowest BCUT2D eigenvalue weighted by Crippen LogP contribution is -2.35. The van der Waals surface area contributed by atoms with Gasteiger partial charge in [-0.1, -0.05) is 17.7 Å². The normalized spacial score (nSPS) is 22.1. The third-order valence-corrected chi connectivity index (χ3v) is 7.62. The Morgan fingerprint density at radius 1 is 1.14 bits per heavy atom. The van der Waals surface area contributed by atoms with Gasteiger partial charge in [0, 0.05) is 49.4 Å². The van der Waals surface area contributed by atoms with Crippen LogP contribution in [-0.2, 0) is 19.6 Å². The molecule has 0 radical (unpaired) electrons. The number of aryl methyl sites for hydroxylation is 1. The van der Waals surface area contributed by atoms with Gasteiger partial charge in [-0.15, -0.1) is 0 Å². The quantitative estimate of drug-likeness (QED) is 0.625. The molecule has 0 unspecified atom stereocenters. The number of rotatable bonds is 5. The minimum atomic E-state index is -5.08. The summed E-state index contributed by atoms with van der Waals surface area (Å²) in [5.41, 5.74) is 1.58. The Kier molecular flexibility index (Phi) is 8.13. The molecule has 0 bridgehead atoms. The maximum absolute atomic E-state index is 12.9. The van der Waals surface area contributed by atoms with Gasteiger partial charge in [0.1, 0.15) is 0 Å². The molecular formula is C22H24F3N3O6S. The van der Waals surface area contributed by atoms with Crippen LogP contribution in [-0.4, -0.2) is 73.2 Å².